The van der Waals surface area contributed by atoms with Gasteiger partial charge in [0.05, 0.1) is 47.0 Å². The van der Waals surface area contributed by atoms with Crippen LogP contribution in [0.2, 0.25) is 0 Å². The molecule has 5 aromatic rings. The van der Waals surface area contributed by atoms with E-state index in [0.717, 1.165) is 81.9 Å². The van der Waals surface area contributed by atoms with Crippen LogP contribution in [-0.2, 0) is 20.9 Å². The second kappa shape index (κ2) is 32.1. The highest BCUT2D eigenvalue weighted by Crippen LogP contribution is 2.37. The van der Waals surface area contributed by atoms with Gasteiger partial charge in [-0.25, -0.2) is 24.0 Å². The van der Waals surface area contributed by atoms with E-state index in [1.807, 2.05) is 30.3 Å². The number of nitrogen functional groups attached to an aromatic ring is 1. The molecule has 16 heteroatoms. The molecule has 0 heterocycles. The zero-order chi connectivity index (χ0) is 52.8. The van der Waals surface area contributed by atoms with Crippen LogP contribution in [0.1, 0.15) is 150 Å². The van der Waals surface area contributed by atoms with Crippen LogP contribution in [0.15, 0.2) is 122 Å². The standard InChI is InChI=1S/C37H36N2O11.C20H30O3/c1-2-3-4-5-6-7-18-48-33-21-31(38)29(20-32(33)39(46)47)24-10-12-25(13-11-24)36(44)50-27-15-8-23(9-16-27)22-49-37(45)30-19-26(34(40)41)14-17-28(30)35(42)43;1-2-20(21)23-18-14-9-7-5-3-4-6-8-13-17-22-19-15-11-10-12-16-19/h8-17,19-21H,2-7,18,22,38H2,1H3,(H,40,41)(H,42,43);2,10-12,15-16H,1,3-9,13-14,17-18H2. The number of nitrogens with zero attached hydrogens (tertiary/aromatic N) is 1. The summed E-state index contributed by atoms with van der Waals surface area (Å²) in [6.45, 7) is 6.93. The van der Waals surface area contributed by atoms with Crippen LogP contribution < -0.4 is 19.9 Å². The van der Waals surface area contributed by atoms with E-state index in [1.165, 1.54) is 99.6 Å². The first-order chi connectivity index (χ1) is 35.3. The van der Waals surface area contributed by atoms with Crippen molar-refractivity contribution in [1.29, 1.82) is 0 Å². The first-order valence-corrected chi connectivity index (χ1v) is 24.7. The summed E-state index contributed by atoms with van der Waals surface area (Å²) >= 11 is 0. The van der Waals surface area contributed by atoms with E-state index in [2.05, 4.69) is 13.5 Å². The van der Waals surface area contributed by atoms with Crippen molar-refractivity contribution in [2.45, 2.75) is 110 Å². The number of hydrogen-bond donors (Lipinski definition) is 3. The van der Waals surface area contributed by atoms with Gasteiger partial charge < -0.3 is 39.6 Å². The molecule has 0 aliphatic carbocycles. The maximum Gasteiger partial charge on any atom is 0.343 e. The highest BCUT2D eigenvalue weighted by molar-refractivity contribution is 6.04. The van der Waals surface area contributed by atoms with Gasteiger partial charge in [0.15, 0.2) is 5.75 Å². The van der Waals surface area contributed by atoms with Gasteiger partial charge in [0.1, 0.15) is 18.1 Å². The Bertz CT molecular complexity index is 2560. The van der Waals surface area contributed by atoms with Crippen LogP contribution in [0.5, 0.6) is 17.2 Å². The van der Waals surface area contributed by atoms with Gasteiger partial charge in [-0.1, -0.05) is 133 Å². The van der Waals surface area contributed by atoms with Crippen LogP contribution in [-0.4, -0.2) is 64.8 Å². The molecule has 0 spiro atoms. The maximum atomic E-state index is 12.8. The molecule has 0 bridgehead atoms. The van der Waals surface area contributed by atoms with Gasteiger partial charge >= 0.3 is 35.5 Å². The van der Waals surface area contributed by atoms with E-state index in [1.54, 1.807) is 12.1 Å². The minimum absolute atomic E-state index is 0.104. The van der Waals surface area contributed by atoms with Gasteiger partial charge in [0.2, 0.25) is 0 Å². The number of anilines is 1. The lowest BCUT2D eigenvalue weighted by Gasteiger charge is -2.12. The molecular formula is C57H66N2O14. The Morgan fingerprint density at radius 2 is 1.18 bits per heavy atom. The van der Waals surface area contributed by atoms with Crippen LogP contribution in [0.4, 0.5) is 11.4 Å². The largest absolute Gasteiger partial charge is 0.494 e. The maximum absolute atomic E-state index is 12.8. The number of unbranched alkanes of at least 4 members (excludes halogenated alkanes) is 13. The van der Waals surface area contributed by atoms with Crippen molar-refractivity contribution in [1.82, 2.24) is 0 Å². The van der Waals surface area contributed by atoms with E-state index in [0.29, 0.717) is 29.9 Å². The van der Waals surface area contributed by atoms with E-state index in [-0.39, 0.29) is 46.6 Å². The van der Waals surface area contributed by atoms with Gasteiger partial charge in [0, 0.05) is 29.5 Å². The third kappa shape index (κ3) is 20.7. The minimum atomic E-state index is -1.42. The lowest BCUT2D eigenvalue weighted by Crippen LogP contribution is -2.13. The van der Waals surface area contributed by atoms with Crippen molar-refractivity contribution >= 4 is 41.2 Å². The van der Waals surface area contributed by atoms with Crippen molar-refractivity contribution in [3.05, 3.63) is 160 Å². The molecule has 0 fully saturated rings. The summed E-state index contributed by atoms with van der Waals surface area (Å²) in [6, 6.07) is 28.0. The first-order valence-electron chi connectivity index (χ1n) is 24.7. The Labute approximate surface area is 426 Å². The molecule has 0 aliphatic heterocycles. The summed E-state index contributed by atoms with van der Waals surface area (Å²) < 4.78 is 27.0. The molecule has 0 radical (unpaired) electrons. The molecule has 0 saturated carbocycles. The predicted molar refractivity (Wildman–Crippen MR) is 277 cm³/mol. The topological polar surface area (TPSA) is 241 Å². The number of carboxylic acids is 2. The molecule has 0 atom stereocenters. The Hall–Kier alpha value is -8.01. The summed E-state index contributed by atoms with van der Waals surface area (Å²) in [5, 5.41) is 30.3. The van der Waals surface area contributed by atoms with Gasteiger partial charge in [-0.2, -0.15) is 0 Å². The van der Waals surface area contributed by atoms with Crippen molar-refractivity contribution in [3.8, 4) is 28.4 Å². The molecule has 73 heavy (non-hydrogen) atoms. The number of nitrogens with two attached hydrogens (primary N) is 1. The number of aromatic carboxylic acids is 2. The van der Waals surface area contributed by atoms with Gasteiger partial charge in [-0.15, -0.1) is 0 Å². The quantitative estimate of drug-likeness (QED) is 0.00711. The highest BCUT2D eigenvalue weighted by Gasteiger charge is 2.22. The predicted octanol–water partition coefficient (Wildman–Crippen LogP) is 12.9. The second-order valence-corrected chi connectivity index (χ2v) is 17.1. The molecule has 4 N–H and O–H groups in total. The number of hydrogen-bond acceptors (Lipinski definition) is 13. The van der Waals surface area contributed by atoms with Crippen LogP contribution in [0.25, 0.3) is 11.1 Å². The number of benzene rings is 5. The van der Waals surface area contributed by atoms with Crippen molar-refractivity contribution in [2.75, 3.05) is 25.6 Å². The van der Waals surface area contributed by atoms with Gasteiger partial charge in [-0.05, 0) is 85.0 Å². The summed E-state index contributed by atoms with van der Waals surface area (Å²) in [5.41, 5.74) is 6.91. The number of rotatable bonds is 31. The number of para-hydroxylation sites is 1. The SMILES string of the molecule is C=CC(=O)OCCCCCCCCCCCOc1ccccc1.CCCCCCCCOc1cc(N)c(-c2ccc(C(=O)Oc3ccc(COC(=O)c4cc(C(=O)O)ccc4C(=O)O)cc3)cc2)cc1[N+](=O)[O-]. The average Bonchev–Trinajstić information content (AvgIpc) is 3.39. The lowest BCUT2D eigenvalue weighted by atomic mass is 10.0. The van der Waals surface area contributed by atoms with Crippen LogP contribution in [0.3, 0.4) is 0 Å². The summed E-state index contributed by atoms with van der Waals surface area (Å²) in [6.07, 6.45) is 18.4. The van der Waals surface area contributed by atoms with Gasteiger partial charge in [-0.3, -0.25) is 10.1 Å². The number of nitro groups is 1. The van der Waals surface area contributed by atoms with Crippen molar-refractivity contribution < 1.29 is 62.8 Å². The summed E-state index contributed by atoms with van der Waals surface area (Å²) in [4.78, 5) is 70.3. The molecule has 0 aromatic heterocycles. The van der Waals surface area contributed by atoms with Crippen molar-refractivity contribution in [2.24, 2.45) is 0 Å². The van der Waals surface area contributed by atoms with Crippen LogP contribution >= 0.6 is 0 Å². The molecule has 5 rings (SSSR count). The third-order valence-electron chi connectivity index (χ3n) is 11.4. The lowest BCUT2D eigenvalue weighted by molar-refractivity contribution is -0.385. The molecule has 388 valence electrons. The van der Waals surface area contributed by atoms with E-state index < -0.39 is 39.9 Å². The molecule has 0 aliphatic rings. The molecule has 0 unspecified atom stereocenters. The van der Waals surface area contributed by atoms with E-state index >= 15 is 0 Å². The molecule has 5 aromatic carbocycles. The Kier molecular flexibility index (Phi) is 25.3. The fourth-order valence-corrected chi connectivity index (χ4v) is 7.40. The number of carboxylic acid groups (broad SMARTS) is 2. The monoisotopic (exact) mass is 1000 g/mol. The Balaban J connectivity index is 0.000000420. The number of carbonyl (C=O) groups is 5. The van der Waals surface area contributed by atoms with Crippen LogP contribution in [0, 0.1) is 10.1 Å². The molecule has 0 amide bonds. The highest BCUT2D eigenvalue weighted by atomic mass is 16.6. The summed E-state index contributed by atoms with van der Waals surface area (Å²) in [5.74, 6) is -3.50. The van der Waals surface area contributed by atoms with E-state index in [4.69, 9.17) is 29.4 Å². The Morgan fingerprint density at radius 1 is 0.603 bits per heavy atom. The van der Waals surface area contributed by atoms with E-state index in [9.17, 15) is 44.3 Å². The smallest absolute Gasteiger partial charge is 0.343 e. The first kappa shape index (κ1) is 57.6. The summed E-state index contributed by atoms with van der Waals surface area (Å²) in [7, 11) is 0. The number of nitro benzene ring substituents is 1. The fourth-order valence-electron chi connectivity index (χ4n) is 7.40. The number of esters is 3. The number of ether oxygens (including phenoxy) is 5. The molecular weight excluding hydrogens is 937 g/mol. The van der Waals surface area contributed by atoms with Gasteiger partial charge in [0.25, 0.3) is 0 Å². The third-order valence-corrected chi connectivity index (χ3v) is 11.4. The number of carbonyl (C=O) groups excluding carboxylic acids is 3. The normalized spacial score (nSPS) is 10.5. The zero-order valence-electron chi connectivity index (χ0n) is 41.4. The molecule has 0 saturated heterocycles. The zero-order valence-corrected chi connectivity index (χ0v) is 41.4. The Morgan fingerprint density at radius 3 is 1.75 bits per heavy atom. The fraction of sp³-hybridized carbons (Fsp3) is 0.351. The second-order valence-electron chi connectivity index (χ2n) is 17.1. The van der Waals surface area contributed by atoms with Crippen molar-refractivity contribution in [3.63, 3.8) is 0 Å². The minimum Gasteiger partial charge on any atom is -0.494 e. The average molecular weight is 1000 g/mol. The molecule has 16 nitrogen and oxygen atoms in total.